The second kappa shape index (κ2) is 9.28. The largest absolute Gasteiger partial charge is 0.317 e. The summed E-state index contributed by atoms with van der Waals surface area (Å²) >= 11 is 1.16. The van der Waals surface area contributed by atoms with E-state index >= 15 is 0 Å². The minimum Gasteiger partial charge on any atom is -0.317 e. The van der Waals surface area contributed by atoms with Crippen molar-refractivity contribution in [2.75, 3.05) is 18.4 Å². The molecular formula is C23H25FN4O3S2. The van der Waals surface area contributed by atoms with Gasteiger partial charge in [0.15, 0.2) is 0 Å². The van der Waals surface area contributed by atoms with E-state index in [4.69, 9.17) is 0 Å². The zero-order valence-electron chi connectivity index (χ0n) is 18.6. The molecule has 1 amide bonds. The lowest BCUT2D eigenvalue weighted by molar-refractivity contribution is 0.102. The molecule has 33 heavy (non-hydrogen) atoms. The molecular weight excluding hydrogens is 463 g/mol. The molecule has 1 N–H and O–H groups in total. The van der Waals surface area contributed by atoms with Gasteiger partial charge in [-0.25, -0.2) is 12.8 Å². The number of rotatable bonds is 5. The number of aryl methyl sites for hydroxylation is 3. The average Bonchev–Trinajstić information content (AvgIpc) is 3.25. The highest BCUT2D eigenvalue weighted by Gasteiger charge is 2.33. The number of nitrogens with one attached hydrogen (secondary N) is 1. The summed E-state index contributed by atoms with van der Waals surface area (Å²) in [4.78, 5) is 12.8. The Morgan fingerprint density at radius 2 is 1.73 bits per heavy atom. The number of aromatic nitrogens is 2. The Morgan fingerprint density at radius 1 is 1.09 bits per heavy atom. The second-order valence-electron chi connectivity index (χ2n) is 8.29. The van der Waals surface area contributed by atoms with E-state index in [1.54, 1.807) is 12.1 Å². The predicted octanol–water partition coefficient (Wildman–Crippen LogP) is 4.42. The quantitative estimate of drug-likeness (QED) is 0.574. The maximum Gasteiger partial charge on any atom is 0.286 e. The van der Waals surface area contributed by atoms with Crippen molar-refractivity contribution in [3.8, 4) is 0 Å². The lowest BCUT2D eigenvalue weighted by atomic mass is 9.99. The van der Waals surface area contributed by atoms with Crippen LogP contribution in [0.1, 0.15) is 50.3 Å². The van der Waals surface area contributed by atoms with Crippen molar-refractivity contribution in [3.05, 3.63) is 68.9 Å². The van der Waals surface area contributed by atoms with E-state index in [1.165, 1.54) is 16.4 Å². The van der Waals surface area contributed by atoms with Crippen molar-refractivity contribution in [2.24, 2.45) is 0 Å². The summed E-state index contributed by atoms with van der Waals surface area (Å²) in [6.07, 6.45) is 1.18. The van der Waals surface area contributed by atoms with Crippen LogP contribution in [-0.2, 0) is 10.0 Å². The standard InChI is InChI=1S/C23H25FN4O3S2/c1-14-12-15(2)20(16(3)13-14)33(30,31)28-10-8-17(9-11-28)22-26-27-23(32-22)21(29)25-19-7-5-4-6-18(19)24/h4-7,12-13,17H,8-11H2,1-3H3,(H,25,29). The second-order valence-corrected chi connectivity index (χ2v) is 11.2. The van der Waals surface area contributed by atoms with Gasteiger partial charge in [0, 0.05) is 19.0 Å². The van der Waals surface area contributed by atoms with Gasteiger partial charge >= 0.3 is 0 Å². The van der Waals surface area contributed by atoms with Crippen LogP contribution in [0.3, 0.4) is 0 Å². The first kappa shape index (κ1) is 23.5. The van der Waals surface area contributed by atoms with Crippen LogP contribution in [0.15, 0.2) is 41.3 Å². The summed E-state index contributed by atoms with van der Waals surface area (Å²) in [5.41, 5.74) is 2.63. The molecule has 10 heteroatoms. The third kappa shape index (κ3) is 4.83. The van der Waals surface area contributed by atoms with Gasteiger partial charge in [-0.2, -0.15) is 4.31 Å². The predicted molar refractivity (Wildman–Crippen MR) is 126 cm³/mol. The first-order chi connectivity index (χ1) is 15.7. The van der Waals surface area contributed by atoms with Gasteiger partial charge in [0.2, 0.25) is 15.0 Å². The smallest absolute Gasteiger partial charge is 0.286 e. The maximum atomic E-state index is 13.8. The van der Waals surface area contributed by atoms with Crippen LogP contribution >= 0.6 is 11.3 Å². The van der Waals surface area contributed by atoms with E-state index in [9.17, 15) is 17.6 Å². The molecule has 0 bridgehead atoms. The molecule has 0 unspecified atom stereocenters. The van der Waals surface area contributed by atoms with E-state index in [2.05, 4.69) is 15.5 Å². The van der Waals surface area contributed by atoms with Gasteiger partial charge in [0.25, 0.3) is 5.91 Å². The molecule has 0 aliphatic carbocycles. The van der Waals surface area contributed by atoms with Gasteiger partial charge < -0.3 is 5.32 Å². The molecule has 1 aromatic heterocycles. The van der Waals surface area contributed by atoms with E-state index in [0.717, 1.165) is 28.0 Å². The zero-order chi connectivity index (χ0) is 23.8. The van der Waals surface area contributed by atoms with Crippen molar-refractivity contribution in [2.45, 2.75) is 44.4 Å². The molecule has 7 nitrogen and oxygen atoms in total. The third-order valence-corrected chi connectivity index (χ3v) is 9.05. The number of halogens is 1. The Labute approximate surface area is 196 Å². The van der Waals surface area contributed by atoms with Crippen molar-refractivity contribution >= 4 is 33.0 Å². The fraction of sp³-hybridized carbons (Fsp3) is 0.348. The fourth-order valence-electron chi connectivity index (χ4n) is 4.28. The number of benzene rings is 2. The molecule has 1 aliphatic heterocycles. The first-order valence-electron chi connectivity index (χ1n) is 10.6. The van der Waals surface area contributed by atoms with Crippen molar-refractivity contribution in [1.82, 2.24) is 14.5 Å². The number of piperidine rings is 1. The highest BCUT2D eigenvalue weighted by atomic mass is 32.2. The van der Waals surface area contributed by atoms with E-state index in [-0.39, 0.29) is 16.6 Å². The van der Waals surface area contributed by atoms with Crippen LogP contribution in [0.5, 0.6) is 0 Å². The molecule has 2 heterocycles. The summed E-state index contributed by atoms with van der Waals surface area (Å²) in [7, 11) is -3.59. The molecule has 1 aliphatic rings. The first-order valence-corrected chi connectivity index (χ1v) is 12.9. The summed E-state index contributed by atoms with van der Waals surface area (Å²) in [6, 6.07) is 9.70. The van der Waals surface area contributed by atoms with Gasteiger partial charge in [0.1, 0.15) is 10.8 Å². The normalized spacial score (nSPS) is 15.5. The fourth-order valence-corrected chi connectivity index (χ4v) is 7.06. The van der Waals surface area contributed by atoms with Gasteiger partial charge in [0.05, 0.1) is 10.6 Å². The van der Waals surface area contributed by atoms with Crippen molar-refractivity contribution in [1.29, 1.82) is 0 Å². The van der Waals surface area contributed by atoms with Crippen molar-refractivity contribution in [3.63, 3.8) is 0 Å². The number of sulfonamides is 1. The molecule has 4 rings (SSSR count). The summed E-state index contributed by atoms with van der Waals surface area (Å²) in [5, 5.41) is 11.5. The highest BCUT2D eigenvalue weighted by Crippen LogP contribution is 2.34. The molecule has 2 aromatic carbocycles. The number of anilines is 1. The van der Waals surface area contributed by atoms with Crippen molar-refractivity contribution < 1.29 is 17.6 Å². The Bertz CT molecular complexity index is 1280. The number of amides is 1. The zero-order valence-corrected chi connectivity index (χ0v) is 20.3. The Hall–Kier alpha value is -2.69. The van der Waals surface area contributed by atoms with Crippen LogP contribution in [0.4, 0.5) is 10.1 Å². The number of carbonyl (C=O) groups excluding carboxylic acids is 1. The van der Waals surface area contributed by atoms with Gasteiger partial charge in [-0.05, 0) is 56.9 Å². The van der Waals surface area contributed by atoms with Crippen LogP contribution in [-0.4, -0.2) is 41.9 Å². The summed E-state index contributed by atoms with van der Waals surface area (Å²) < 4.78 is 41.9. The topological polar surface area (TPSA) is 92.3 Å². The van der Waals surface area contributed by atoms with Crippen LogP contribution < -0.4 is 5.32 Å². The monoisotopic (exact) mass is 488 g/mol. The minimum atomic E-state index is -3.59. The molecule has 174 valence electrons. The number of hydrogen-bond donors (Lipinski definition) is 1. The Balaban J connectivity index is 1.43. The van der Waals surface area contributed by atoms with Gasteiger partial charge in [-0.3, -0.25) is 4.79 Å². The molecule has 0 atom stereocenters. The Kier molecular flexibility index (Phi) is 6.60. The molecule has 0 spiro atoms. The molecule has 1 saturated heterocycles. The van der Waals surface area contributed by atoms with Crippen LogP contribution in [0, 0.1) is 26.6 Å². The summed E-state index contributed by atoms with van der Waals surface area (Å²) in [5.74, 6) is -1.03. The van der Waals surface area contributed by atoms with Gasteiger partial charge in [-0.1, -0.05) is 41.2 Å². The number of nitrogens with zero attached hydrogens (tertiary/aromatic N) is 3. The Morgan fingerprint density at radius 3 is 2.36 bits per heavy atom. The number of para-hydroxylation sites is 1. The minimum absolute atomic E-state index is 0.0178. The van der Waals surface area contributed by atoms with Crippen LogP contribution in [0.25, 0.3) is 0 Å². The van der Waals surface area contributed by atoms with Crippen LogP contribution in [0.2, 0.25) is 0 Å². The highest BCUT2D eigenvalue weighted by molar-refractivity contribution is 7.89. The SMILES string of the molecule is Cc1cc(C)c(S(=O)(=O)N2CCC(c3nnc(C(=O)Nc4ccccc4F)s3)CC2)c(C)c1. The third-order valence-electron chi connectivity index (χ3n) is 5.76. The van der Waals surface area contributed by atoms with E-state index in [0.29, 0.717) is 35.8 Å². The maximum absolute atomic E-state index is 13.8. The summed E-state index contributed by atoms with van der Waals surface area (Å²) in [6.45, 7) is 6.35. The number of hydrogen-bond acceptors (Lipinski definition) is 6. The van der Waals surface area contributed by atoms with E-state index < -0.39 is 21.7 Å². The lowest BCUT2D eigenvalue weighted by Gasteiger charge is -2.31. The van der Waals surface area contributed by atoms with Gasteiger partial charge in [-0.15, -0.1) is 10.2 Å². The van der Waals surface area contributed by atoms with E-state index in [1.807, 2.05) is 32.9 Å². The average molecular weight is 489 g/mol. The molecule has 0 saturated carbocycles. The lowest BCUT2D eigenvalue weighted by Crippen LogP contribution is -2.38. The molecule has 1 fully saturated rings. The molecule has 3 aromatic rings. The number of carbonyl (C=O) groups is 1. The molecule has 0 radical (unpaired) electrons.